The molecule has 2 aromatic carbocycles. The van der Waals surface area contributed by atoms with Crippen LogP contribution in [-0.2, 0) is 26.5 Å². The van der Waals surface area contributed by atoms with E-state index in [1.807, 2.05) is 37.3 Å². The second-order valence-electron chi connectivity index (χ2n) is 7.20. The molecule has 0 radical (unpaired) electrons. The maximum atomic E-state index is 12.3. The summed E-state index contributed by atoms with van der Waals surface area (Å²) in [5, 5.41) is 4.23. The van der Waals surface area contributed by atoms with Crippen molar-refractivity contribution >= 4 is 37.0 Å². The molecule has 1 aromatic heterocycles. The fourth-order valence-electron chi connectivity index (χ4n) is 3.21. The molecule has 7 nitrogen and oxygen atoms in total. The number of aromatic nitrogens is 2. The molecule has 0 N–H and O–H groups in total. The van der Waals surface area contributed by atoms with Gasteiger partial charge in [-0.15, -0.1) is 0 Å². The number of rotatable bonds is 9. The van der Waals surface area contributed by atoms with E-state index >= 15 is 0 Å². The zero-order valence-corrected chi connectivity index (χ0v) is 20.4. The fraction of sp³-hybridized carbons (Fsp3) is 0.273. The van der Waals surface area contributed by atoms with Crippen molar-refractivity contribution in [3.05, 3.63) is 65.9 Å². The lowest BCUT2D eigenvalue weighted by Gasteiger charge is -2.14. The van der Waals surface area contributed by atoms with Gasteiger partial charge < -0.3 is 4.18 Å². The largest absolute Gasteiger partial charge is 0.361 e. The van der Waals surface area contributed by atoms with Gasteiger partial charge in [-0.25, -0.2) is 13.1 Å². The van der Waals surface area contributed by atoms with E-state index < -0.39 is 20.0 Å². The zero-order valence-electron chi connectivity index (χ0n) is 18.0. The van der Waals surface area contributed by atoms with Gasteiger partial charge in [-0.2, -0.15) is 13.5 Å². The lowest BCUT2D eigenvalue weighted by Crippen LogP contribution is -2.17. The molecule has 0 spiro atoms. The van der Waals surface area contributed by atoms with Crippen LogP contribution in [0.5, 0.6) is 5.88 Å². The van der Waals surface area contributed by atoms with E-state index in [4.69, 9.17) is 16.4 Å². The minimum atomic E-state index is -3.81. The third kappa shape index (κ3) is 5.25. The normalized spacial score (nSPS) is 12.0. The van der Waals surface area contributed by atoms with E-state index in [-0.39, 0.29) is 16.5 Å². The number of nitrogens with zero attached hydrogens (tertiary/aromatic N) is 2. The van der Waals surface area contributed by atoms with Crippen LogP contribution < -0.4 is 4.18 Å². The minimum absolute atomic E-state index is 0.0529. The van der Waals surface area contributed by atoms with Crippen LogP contribution in [0.15, 0.2) is 59.6 Å². The maximum absolute atomic E-state index is 12.3. The summed E-state index contributed by atoms with van der Waals surface area (Å²) in [6, 6.07) is 13.9. The van der Waals surface area contributed by atoms with Crippen LogP contribution in [0, 0.1) is 0 Å². The molecule has 0 unspecified atom stereocenters. The van der Waals surface area contributed by atoms with Crippen LogP contribution in [0.1, 0.15) is 31.4 Å². The molecular weight excluding hydrogens is 468 g/mol. The van der Waals surface area contributed by atoms with E-state index in [9.17, 15) is 16.8 Å². The first-order chi connectivity index (χ1) is 15.1. The standard InChI is InChI=1S/C22H24N2O5S3/c1-4-13-32(27,28)29-22-20(15-23-24(22)5-2)21(30)18-12-11-17(31(3,25)26)14-19(18)16-9-7-6-8-10-16/h6-12,14-15H,4-5,13H2,1-3H3. The van der Waals surface area contributed by atoms with E-state index in [1.54, 1.807) is 19.1 Å². The lowest BCUT2D eigenvalue weighted by molar-refractivity contribution is 0.443. The molecule has 0 fully saturated rings. The zero-order chi connectivity index (χ0) is 23.5. The van der Waals surface area contributed by atoms with Gasteiger partial charge >= 0.3 is 10.1 Å². The summed E-state index contributed by atoms with van der Waals surface area (Å²) in [6.07, 6.45) is 3.03. The molecule has 1 heterocycles. The molecule has 0 aliphatic carbocycles. The summed E-state index contributed by atoms with van der Waals surface area (Å²) in [5.41, 5.74) is 2.32. The van der Waals surface area contributed by atoms with E-state index in [1.165, 1.54) is 16.9 Å². The van der Waals surface area contributed by atoms with Crippen molar-refractivity contribution in [2.24, 2.45) is 0 Å². The van der Waals surface area contributed by atoms with E-state index in [0.717, 1.165) is 11.8 Å². The van der Waals surface area contributed by atoms with Gasteiger partial charge in [0.1, 0.15) is 0 Å². The molecule has 0 bridgehead atoms. The number of sulfone groups is 1. The van der Waals surface area contributed by atoms with Crippen LogP contribution in [0.3, 0.4) is 0 Å². The molecule has 0 aliphatic rings. The van der Waals surface area contributed by atoms with Crippen LogP contribution in [0.25, 0.3) is 11.1 Å². The van der Waals surface area contributed by atoms with Crippen LogP contribution in [0.4, 0.5) is 0 Å². The summed E-state index contributed by atoms with van der Waals surface area (Å²) in [7, 11) is -7.26. The van der Waals surface area contributed by atoms with Crippen molar-refractivity contribution in [3.63, 3.8) is 0 Å². The van der Waals surface area contributed by atoms with Gasteiger partial charge in [0.25, 0.3) is 0 Å². The predicted molar refractivity (Wildman–Crippen MR) is 128 cm³/mol. The molecule has 32 heavy (non-hydrogen) atoms. The fourth-order valence-corrected chi connectivity index (χ4v) is 5.17. The summed E-state index contributed by atoms with van der Waals surface area (Å²) in [6.45, 7) is 3.95. The van der Waals surface area contributed by atoms with Crippen molar-refractivity contribution in [1.82, 2.24) is 9.78 Å². The first kappa shape index (κ1) is 24.1. The van der Waals surface area contributed by atoms with Crippen LogP contribution >= 0.6 is 12.2 Å². The number of benzene rings is 2. The highest BCUT2D eigenvalue weighted by Gasteiger charge is 2.24. The molecule has 0 aliphatic heterocycles. The van der Waals surface area contributed by atoms with Gasteiger partial charge in [0.2, 0.25) is 5.88 Å². The molecule has 10 heteroatoms. The smallest absolute Gasteiger partial charge is 0.310 e. The lowest BCUT2D eigenvalue weighted by atomic mass is 9.95. The van der Waals surface area contributed by atoms with Crippen molar-refractivity contribution in [1.29, 1.82) is 0 Å². The van der Waals surface area contributed by atoms with Crippen molar-refractivity contribution < 1.29 is 21.0 Å². The minimum Gasteiger partial charge on any atom is -0.361 e. The molecular formula is C22H24N2O5S3. The quantitative estimate of drug-likeness (QED) is 0.254. The average molecular weight is 493 g/mol. The first-order valence-corrected chi connectivity index (χ1v) is 13.9. The Morgan fingerprint density at radius 3 is 2.31 bits per heavy atom. The number of thiocarbonyl (C=S) groups is 1. The highest BCUT2D eigenvalue weighted by Crippen LogP contribution is 2.32. The molecule has 3 aromatic rings. The number of aryl methyl sites for hydroxylation is 1. The summed E-state index contributed by atoms with van der Waals surface area (Å²) in [4.78, 5) is 0.472. The Balaban J connectivity index is 2.17. The van der Waals surface area contributed by atoms with Gasteiger partial charge in [-0.3, -0.25) is 0 Å². The Bertz CT molecular complexity index is 1350. The van der Waals surface area contributed by atoms with Crippen molar-refractivity contribution in [2.45, 2.75) is 31.7 Å². The monoisotopic (exact) mass is 492 g/mol. The Morgan fingerprint density at radius 1 is 1.03 bits per heavy atom. The summed E-state index contributed by atoms with van der Waals surface area (Å²) >= 11 is 5.74. The third-order valence-electron chi connectivity index (χ3n) is 4.74. The highest BCUT2D eigenvalue weighted by atomic mass is 32.2. The van der Waals surface area contributed by atoms with Gasteiger partial charge in [0.05, 0.1) is 27.3 Å². The summed E-state index contributed by atoms with van der Waals surface area (Å²) < 4.78 is 55.8. The van der Waals surface area contributed by atoms with Crippen molar-refractivity contribution in [2.75, 3.05) is 12.0 Å². The van der Waals surface area contributed by atoms with E-state index in [0.29, 0.717) is 34.5 Å². The highest BCUT2D eigenvalue weighted by molar-refractivity contribution is 7.90. The molecule has 0 saturated carbocycles. The maximum Gasteiger partial charge on any atom is 0.310 e. The van der Waals surface area contributed by atoms with Gasteiger partial charge in [-0.05, 0) is 36.6 Å². The van der Waals surface area contributed by atoms with E-state index in [2.05, 4.69) is 5.10 Å². The molecule has 3 rings (SSSR count). The van der Waals surface area contributed by atoms with Gasteiger partial charge in [0, 0.05) is 18.4 Å². The third-order valence-corrected chi connectivity index (χ3v) is 7.61. The van der Waals surface area contributed by atoms with Crippen molar-refractivity contribution in [3.8, 4) is 17.0 Å². The Kier molecular flexibility index (Phi) is 7.16. The number of hydrogen-bond acceptors (Lipinski definition) is 7. The second-order valence-corrected chi connectivity index (χ2v) is 11.3. The molecule has 0 atom stereocenters. The van der Waals surface area contributed by atoms with Crippen LogP contribution in [0.2, 0.25) is 0 Å². The van der Waals surface area contributed by atoms with Crippen LogP contribution in [-0.4, -0.2) is 43.5 Å². The Labute approximate surface area is 194 Å². The molecule has 170 valence electrons. The van der Waals surface area contributed by atoms with Gasteiger partial charge in [-0.1, -0.05) is 55.5 Å². The average Bonchev–Trinajstić information content (AvgIpc) is 3.14. The number of hydrogen-bond donors (Lipinski definition) is 0. The summed E-state index contributed by atoms with van der Waals surface area (Å²) in [5.74, 6) is -0.0796. The second kappa shape index (κ2) is 9.51. The predicted octanol–water partition coefficient (Wildman–Crippen LogP) is 3.86. The van der Waals surface area contributed by atoms with Gasteiger partial charge in [0.15, 0.2) is 9.84 Å². The first-order valence-electron chi connectivity index (χ1n) is 9.99. The molecule has 0 amide bonds. The SMILES string of the molecule is CCCS(=O)(=O)Oc1c(C(=S)c2ccc(S(C)(=O)=O)cc2-c2ccccc2)cnn1CC. The Hall–Kier alpha value is -2.56. The Morgan fingerprint density at radius 2 is 1.72 bits per heavy atom. The molecule has 0 saturated heterocycles. The topological polar surface area (TPSA) is 95.3 Å².